The van der Waals surface area contributed by atoms with E-state index in [0.29, 0.717) is 13.0 Å². The average molecular weight is 265 g/mol. The van der Waals surface area contributed by atoms with Crippen LogP contribution >= 0.6 is 0 Å². The number of carbonyl (C=O) groups excluding carboxylic acids is 1. The van der Waals surface area contributed by atoms with Gasteiger partial charge in [0.05, 0.1) is 5.92 Å². The topological polar surface area (TPSA) is 91.3 Å². The van der Waals surface area contributed by atoms with Gasteiger partial charge in [0.25, 0.3) is 0 Å². The summed E-state index contributed by atoms with van der Waals surface area (Å²) in [7, 11) is 0. The number of nitrogens with zero attached hydrogens (tertiary/aromatic N) is 1. The third-order valence-electron chi connectivity index (χ3n) is 2.78. The fraction of sp³-hybridized carbons (Fsp3) is 0.462. The van der Waals surface area contributed by atoms with E-state index < -0.39 is 11.9 Å². The summed E-state index contributed by atoms with van der Waals surface area (Å²) in [5, 5.41) is 14.0. The van der Waals surface area contributed by atoms with Crippen LogP contribution in [0.5, 0.6) is 0 Å². The van der Waals surface area contributed by atoms with Crippen LogP contribution in [0.4, 0.5) is 4.79 Å². The van der Waals surface area contributed by atoms with Crippen LogP contribution in [0, 0.1) is 12.8 Å². The highest BCUT2D eigenvalue weighted by Crippen LogP contribution is 2.01. The molecule has 0 saturated heterocycles. The molecule has 1 rings (SSSR count). The molecule has 0 bridgehead atoms. The molecule has 0 aliphatic heterocycles. The predicted octanol–water partition coefficient (Wildman–Crippen LogP) is 1.30. The molecule has 2 amide bonds. The zero-order chi connectivity index (χ0) is 14.3. The quantitative estimate of drug-likeness (QED) is 0.723. The lowest BCUT2D eigenvalue weighted by Crippen LogP contribution is -2.39. The van der Waals surface area contributed by atoms with E-state index in [0.717, 1.165) is 11.3 Å². The Hall–Kier alpha value is -2.11. The summed E-state index contributed by atoms with van der Waals surface area (Å²) in [6, 6.07) is 3.38. The van der Waals surface area contributed by atoms with Crippen LogP contribution in [0.3, 0.4) is 0 Å². The predicted molar refractivity (Wildman–Crippen MR) is 70.6 cm³/mol. The van der Waals surface area contributed by atoms with E-state index in [1.54, 1.807) is 13.1 Å². The van der Waals surface area contributed by atoms with E-state index in [2.05, 4.69) is 15.6 Å². The fourth-order valence-corrected chi connectivity index (χ4v) is 1.47. The molecular formula is C13H19N3O3. The van der Waals surface area contributed by atoms with Gasteiger partial charge in [-0.1, -0.05) is 13.0 Å². The number of aliphatic carboxylic acids is 1. The second kappa shape index (κ2) is 7.35. The zero-order valence-electron chi connectivity index (χ0n) is 11.1. The average Bonchev–Trinajstić information content (AvgIpc) is 2.38. The Bertz CT molecular complexity index is 431. The highest BCUT2D eigenvalue weighted by Gasteiger charge is 2.15. The standard InChI is InChI=1S/C13H19N3O3/c1-3-11(12(17)18)8-16-13(19)15-7-10-5-4-9(2)14-6-10/h4-6,11H,3,7-8H2,1-2H3,(H,17,18)(H2,15,16,19). The van der Waals surface area contributed by atoms with Crippen molar-refractivity contribution in [3.8, 4) is 0 Å². The van der Waals surface area contributed by atoms with E-state index >= 15 is 0 Å². The lowest BCUT2D eigenvalue weighted by Gasteiger charge is -2.12. The van der Waals surface area contributed by atoms with Crippen molar-refractivity contribution in [2.24, 2.45) is 5.92 Å². The maximum Gasteiger partial charge on any atom is 0.315 e. The molecule has 0 aliphatic rings. The molecule has 1 atom stereocenters. The number of rotatable bonds is 6. The number of hydrogen-bond acceptors (Lipinski definition) is 3. The van der Waals surface area contributed by atoms with Gasteiger partial charge < -0.3 is 15.7 Å². The smallest absolute Gasteiger partial charge is 0.315 e. The Morgan fingerprint density at radius 3 is 2.63 bits per heavy atom. The summed E-state index contributed by atoms with van der Waals surface area (Å²) < 4.78 is 0. The van der Waals surface area contributed by atoms with Gasteiger partial charge >= 0.3 is 12.0 Å². The summed E-state index contributed by atoms with van der Waals surface area (Å²) >= 11 is 0. The molecule has 1 heterocycles. The van der Waals surface area contributed by atoms with E-state index in [4.69, 9.17) is 5.11 Å². The Kier molecular flexibility index (Phi) is 5.78. The van der Waals surface area contributed by atoms with Crippen molar-refractivity contribution in [2.75, 3.05) is 6.54 Å². The second-order valence-corrected chi connectivity index (χ2v) is 4.31. The number of carbonyl (C=O) groups is 2. The monoisotopic (exact) mass is 265 g/mol. The minimum atomic E-state index is -0.898. The summed E-state index contributed by atoms with van der Waals surface area (Å²) in [4.78, 5) is 26.4. The molecule has 6 heteroatoms. The summed E-state index contributed by atoms with van der Waals surface area (Å²) in [5.74, 6) is -1.45. The number of urea groups is 1. The van der Waals surface area contributed by atoms with Crippen molar-refractivity contribution >= 4 is 12.0 Å². The number of amides is 2. The molecule has 0 fully saturated rings. The van der Waals surface area contributed by atoms with Crippen molar-refractivity contribution in [1.29, 1.82) is 0 Å². The Balaban J connectivity index is 2.31. The van der Waals surface area contributed by atoms with Gasteiger partial charge in [-0.25, -0.2) is 4.79 Å². The third kappa shape index (κ3) is 5.37. The molecule has 1 unspecified atom stereocenters. The molecule has 104 valence electrons. The van der Waals surface area contributed by atoms with Crippen LogP contribution in [0.25, 0.3) is 0 Å². The lowest BCUT2D eigenvalue weighted by atomic mass is 10.1. The molecule has 0 aromatic carbocycles. The zero-order valence-corrected chi connectivity index (χ0v) is 11.1. The summed E-state index contributed by atoms with van der Waals surface area (Å²) in [5.41, 5.74) is 1.81. The highest BCUT2D eigenvalue weighted by atomic mass is 16.4. The van der Waals surface area contributed by atoms with Gasteiger partial charge in [0.15, 0.2) is 0 Å². The number of aryl methyl sites for hydroxylation is 1. The number of aromatic nitrogens is 1. The van der Waals surface area contributed by atoms with E-state index in [1.807, 2.05) is 19.1 Å². The van der Waals surface area contributed by atoms with Gasteiger partial charge in [-0.15, -0.1) is 0 Å². The largest absolute Gasteiger partial charge is 0.481 e. The maximum absolute atomic E-state index is 11.5. The molecule has 3 N–H and O–H groups in total. The molecule has 19 heavy (non-hydrogen) atoms. The van der Waals surface area contributed by atoms with Gasteiger partial charge in [-0.05, 0) is 25.0 Å². The van der Waals surface area contributed by atoms with Crippen molar-refractivity contribution in [1.82, 2.24) is 15.6 Å². The van der Waals surface area contributed by atoms with Gasteiger partial charge in [0.1, 0.15) is 0 Å². The summed E-state index contributed by atoms with van der Waals surface area (Å²) in [6.45, 7) is 4.16. The van der Waals surface area contributed by atoms with Crippen LogP contribution in [-0.2, 0) is 11.3 Å². The van der Waals surface area contributed by atoms with Gasteiger partial charge in [-0.2, -0.15) is 0 Å². The summed E-state index contributed by atoms with van der Waals surface area (Å²) in [6.07, 6.45) is 2.18. The van der Waals surface area contributed by atoms with Crippen molar-refractivity contribution in [2.45, 2.75) is 26.8 Å². The number of carboxylic acid groups (broad SMARTS) is 1. The third-order valence-corrected chi connectivity index (χ3v) is 2.78. The number of pyridine rings is 1. The van der Waals surface area contributed by atoms with E-state index in [1.165, 1.54) is 0 Å². The van der Waals surface area contributed by atoms with Crippen molar-refractivity contribution in [3.63, 3.8) is 0 Å². The minimum absolute atomic E-state index is 0.129. The first-order valence-electron chi connectivity index (χ1n) is 6.19. The van der Waals surface area contributed by atoms with Crippen molar-refractivity contribution in [3.05, 3.63) is 29.6 Å². The Morgan fingerprint density at radius 1 is 1.37 bits per heavy atom. The molecule has 1 aromatic heterocycles. The van der Waals surface area contributed by atoms with Crippen LogP contribution < -0.4 is 10.6 Å². The first-order chi connectivity index (χ1) is 9.02. The molecule has 0 saturated carbocycles. The molecular weight excluding hydrogens is 246 g/mol. The number of hydrogen-bond donors (Lipinski definition) is 3. The molecule has 0 spiro atoms. The Labute approximate surface area is 112 Å². The van der Waals surface area contributed by atoms with Crippen LogP contribution in [0.15, 0.2) is 18.3 Å². The first kappa shape index (κ1) is 14.9. The lowest BCUT2D eigenvalue weighted by molar-refractivity contribution is -0.141. The van der Waals surface area contributed by atoms with E-state index in [9.17, 15) is 9.59 Å². The molecule has 0 aliphatic carbocycles. The number of carboxylic acids is 1. The Morgan fingerprint density at radius 2 is 2.11 bits per heavy atom. The highest BCUT2D eigenvalue weighted by molar-refractivity contribution is 5.75. The molecule has 1 aromatic rings. The van der Waals surface area contributed by atoms with Crippen LogP contribution in [-0.4, -0.2) is 28.6 Å². The minimum Gasteiger partial charge on any atom is -0.481 e. The van der Waals surface area contributed by atoms with E-state index in [-0.39, 0.29) is 12.6 Å². The SMILES string of the molecule is CCC(CNC(=O)NCc1ccc(C)nc1)C(=O)O. The normalized spacial score (nSPS) is 11.7. The fourth-order valence-electron chi connectivity index (χ4n) is 1.47. The molecule has 6 nitrogen and oxygen atoms in total. The van der Waals surface area contributed by atoms with Gasteiger partial charge in [-0.3, -0.25) is 9.78 Å². The second-order valence-electron chi connectivity index (χ2n) is 4.31. The van der Waals surface area contributed by atoms with Gasteiger partial charge in [0.2, 0.25) is 0 Å². The van der Waals surface area contributed by atoms with Crippen LogP contribution in [0.2, 0.25) is 0 Å². The first-order valence-corrected chi connectivity index (χ1v) is 6.19. The van der Waals surface area contributed by atoms with Crippen molar-refractivity contribution < 1.29 is 14.7 Å². The van der Waals surface area contributed by atoms with Crippen LogP contribution in [0.1, 0.15) is 24.6 Å². The van der Waals surface area contributed by atoms with Gasteiger partial charge in [0, 0.05) is 25.0 Å². The molecule has 0 radical (unpaired) electrons. The number of nitrogens with one attached hydrogen (secondary N) is 2. The maximum atomic E-state index is 11.5.